The minimum absolute atomic E-state index is 0.0646. The van der Waals surface area contributed by atoms with Gasteiger partial charge in [-0.05, 0) is 50.5 Å². The van der Waals surface area contributed by atoms with Crippen molar-refractivity contribution in [3.8, 4) is 0 Å². The molecule has 0 radical (unpaired) electrons. The maximum absolute atomic E-state index is 13.7. The minimum Gasteiger partial charge on any atom is -0.461 e. The van der Waals surface area contributed by atoms with Crippen molar-refractivity contribution in [1.82, 2.24) is 15.5 Å². The summed E-state index contributed by atoms with van der Waals surface area (Å²) in [7, 11) is 0. The molecule has 0 spiro atoms. The lowest BCUT2D eigenvalue weighted by molar-refractivity contribution is -0.159. The Bertz CT molecular complexity index is 1010. The van der Waals surface area contributed by atoms with Crippen LogP contribution in [-0.2, 0) is 30.3 Å². The zero-order valence-corrected chi connectivity index (χ0v) is 25.1. The molecule has 0 bridgehead atoms. The molecule has 228 valence electrons. The molecule has 3 amide bonds. The first-order valence-electron chi connectivity index (χ1n) is 15.4. The van der Waals surface area contributed by atoms with Gasteiger partial charge in [0.1, 0.15) is 12.1 Å². The maximum Gasteiger partial charge on any atom is 0.337 e. The summed E-state index contributed by atoms with van der Waals surface area (Å²) in [6.07, 6.45) is 5.67. The summed E-state index contributed by atoms with van der Waals surface area (Å²) < 4.78 is 5.26. The van der Waals surface area contributed by atoms with Gasteiger partial charge in [-0.3, -0.25) is 14.4 Å². The summed E-state index contributed by atoms with van der Waals surface area (Å²) in [5, 5.41) is 16.8. The van der Waals surface area contributed by atoms with Crippen LogP contribution in [0.3, 0.4) is 0 Å². The molecule has 9 nitrogen and oxygen atoms in total. The van der Waals surface area contributed by atoms with Crippen LogP contribution in [0, 0.1) is 11.8 Å². The number of nitrogens with one attached hydrogen (secondary N) is 2. The highest BCUT2D eigenvalue weighted by atomic mass is 16.6. The van der Waals surface area contributed by atoms with E-state index in [0.29, 0.717) is 38.6 Å². The molecule has 2 fully saturated rings. The Balaban J connectivity index is 1.79. The van der Waals surface area contributed by atoms with Crippen LogP contribution in [0.5, 0.6) is 0 Å². The monoisotopic (exact) mass is 571 g/mol. The molecule has 4 atom stereocenters. The van der Waals surface area contributed by atoms with Gasteiger partial charge >= 0.3 is 5.97 Å². The molecule has 3 N–H and O–H groups in total. The highest BCUT2D eigenvalue weighted by Gasteiger charge is 2.37. The summed E-state index contributed by atoms with van der Waals surface area (Å²) in [5.74, 6) is -1.29. The summed E-state index contributed by atoms with van der Waals surface area (Å²) >= 11 is 0. The molecule has 1 saturated heterocycles. The van der Waals surface area contributed by atoms with Crippen LogP contribution in [0.25, 0.3) is 0 Å². The van der Waals surface area contributed by atoms with E-state index in [1.54, 1.807) is 18.7 Å². The van der Waals surface area contributed by atoms with Gasteiger partial charge in [0.2, 0.25) is 17.7 Å². The van der Waals surface area contributed by atoms with Crippen molar-refractivity contribution in [2.24, 2.45) is 11.8 Å². The fraction of sp³-hybridized carbons (Fsp3) is 0.688. The number of carbonyl (C=O) groups is 4. The van der Waals surface area contributed by atoms with Gasteiger partial charge in [0.25, 0.3) is 0 Å². The number of likely N-dealkylation sites (tertiary alicyclic amines) is 1. The van der Waals surface area contributed by atoms with E-state index in [2.05, 4.69) is 10.6 Å². The largest absolute Gasteiger partial charge is 0.461 e. The molecule has 1 saturated carbocycles. The molecule has 2 aliphatic rings. The van der Waals surface area contributed by atoms with Crippen LogP contribution in [0.15, 0.2) is 30.3 Å². The molecular formula is C32H49N3O6. The van der Waals surface area contributed by atoms with Crippen LogP contribution < -0.4 is 10.6 Å². The molecule has 0 aromatic heterocycles. The number of nitrogens with zero attached hydrogens (tertiary/aromatic N) is 1. The summed E-state index contributed by atoms with van der Waals surface area (Å²) in [4.78, 5) is 54.4. The molecular weight excluding hydrogens is 522 g/mol. The topological polar surface area (TPSA) is 125 Å². The smallest absolute Gasteiger partial charge is 0.337 e. The lowest BCUT2D eigenvalue weighted by Gasteiger charge is -2.32. The molecule has 1 aliphatic carbocycles. The lowest BCUT2D eigenvalue weighted by Crippen LogP contribution is -2.58. The number of benzene rings is 1. The Labute approximate surface area is 244 Å². The second-order valence-electron chi connectivity index (χ2n) is 12.4. The average molecular weight is 572 g/mol. The van der Waals surface area contributed by atoms with Crippen LogP contribution in [-0.4, -0.2) is 70.6 Å². The molecule has 9 heteroatoms. The Morgan fingerprint density at radius 2 is 1.66 bits per heavy atom. The number of aliphatic hydroxyl groups is 1. The summed E-state index contributed by atoms with van der Waals surface area (Å²) in [5.41, 5.74) is 0.927. The predicted molar refractivity (Wildman–Crippen MR) is 157 cm³/mol. The molecule has 1 heterocycles. The van der Waals surface area contributed by atoms with Crippen molar-refractivity contribution in [3.63, 3.8) is 0 Å². The third kappa shape index (κ3) is 10.1. The zero-order valence-electron chi connectivity index (χ0n) is 25.1. The molecule has 1 unspecified atom stereocenters. The number of ether oxygens (including phenoxy) is 1. The van der Waals surface area contributed by atoms with Crippen molar-refractivity contribution in [3.05, 3.63) is 35.9 Å². The molecule has 1 aliphatic heterocycles. The lowest BCUT2D eigenvalue weighted by atomic mass is 9.83. The van der Waals surface area contributed by atoms with Crippen molar-refractivity contribution in [1.29, 1.82) is 0 Å². The van der Waals surface area contributed by atoms with Crippen LogP contribution in [0.2, 0.25) is 0 Å². The average Bonchev–Trinajstić information content (AvgIpc) is 3.36. The first kappa shape index (κ1) is 32.6. The van der Waals surface area contributed by atoms with E-state index in [1.165, 1.54) is 0 Å². The van der Waals surface area contributed by atoms with Crippen molar-refractivity contribution < 1.29 is 29.0 Å². The third-order valence-corrected chi connectivity index (χ3v) is 8.01. The second kappa shape index (κ2) is 15.9. The third-order valence-electron chi connectivity index (χ3n) is 8.01. The van der Waals surface area contributed by atoms with E-state index in [-0.39, 0.29) is 23.7 Å². The quantitative estimate of drug-likeness (QED) is 0.294. The predicted octanol–water partition coefficient (Wildman–Crippen LogP) is 3.52. The fourth-order valence-corrected chi connectivity index (χ4v) is 5.95. The van der Waals surface area contributed by atoms with Gasteiger partial charge in [0.15, 0.2) is 6.10 Å². The maximum atomic E-state index is 13.7. The number of rotatable bonds is 14. The Hall–Kier alpha value is -2.94. The van der Waals surface area contributed by atoms with E-state index in [0.717, 1.165) is 37.7 Å². The summed E-state index contributed by atoms with van der Waals surface area (Å²) in [6, 6.07) is 7.08. The number of carbonyl (C=O) groups excluding carboxylic acids is 4. The van der Waals surface area contributed by atoms with E-state index in [1.807, 2.05) is 44.2 Å². The normalized spacial score (nSPS) is 19.1. The number of esters is 1. The fourth-order valence-electron chi connectivity index (χ4n) is 5.95. The van der Waals surface area contributed by atoms with Crippen LogP contribution >= 0.6 is 0 Å². The zero-order chi connectivity index (χ0) is 29.9. The Morgan fingerprint density at radius 1 is 0.976 bits per heavy atom. The number of aliphatic hydroxyl groups excluding tert-OH is 1. The highest BCUT2D eigenvalue weighted by Crippen LogP contribution is 2.28. The molecule has 41 heavy (non-hydrogen) atoms. The van der Waals surface area contributed by atoms with Crippen molar-refractivity contribution >= 4 is 23.7 Å². The number of amides is 3. The number of hydrogen-bond acceptors (Lipinski definition) is 6. The van der Waals surface area contributed by atoms with Crippen molar-refractivity contribution in [2.45, 2.75) is 122 Å². The van der Waals surface area contributed by atoms with E-state index in [4.69, 9.17) is 4.74 Å². The first-order valence-corrected chi connectivity index (χ1v) is 15.4. The van der Waals surface area contributed by atoms with E-state index >= 15 is 0 Å². The van der Waals surface area contributed by atoms with Gasteiger partial charge in [-0.15, -0.1) is 0 Å². The van der Waals surface area contributed by atoms with Crippen LogP contribution in [0.1, 0.15) is 91.0 Å². The Morgan fingerprint density at radius 3 is 2.24 bits per heavy atom. The van der Waals surface area contributed by atoms with Gasteiger partial charge in [-0.2, -0.15) is 0 Å². The van der Waals surface area contributed by atoms with E-state index < -0.39 is 42.2 Å². The van der Waals surface area contributed by atoms with Gasteiger partial charge in [0.05, 0.1) is 12.1 Å². The standard InChI is InChI=1S/C32H49N3O6/c1-21(2)18-26(34-31(39)27(35-17-11-16-28(35)36)20-24-14-9-6-10-15-24)30(38)33-25(19-23-12-7-5-8-13-23)29(37)32(40)41-22(3)4/h6,9-10,14-15,21-23,25-27,29,37H,5,7-8,11-13,16-20H2,1-4H3,(H,33,38)(H,34,39)/t25-,26-,27-,29?/m0/s1. The van der Waals surface area contributed by atoms with Crippen LogP contribution in [0.4, 0.5) is 0 Å². The molecule has 1 aromatic rings. The second-order valence-corrected chi connectivity index (χ2v) is 12.4. The molecule has 1 aromatic carbocycles. The van der Waals surface area contributed by atoms with Gasteiger partial charge in [0, 0.05) is 19.4 Å². The summed E-state index contributed by atoms with van der Waals surface area (Å²) in [6.45, 7) is 7.85. The minimum atomic E-state index is -1.51. The highest BCUT2D eigenvalue weighted by molar-refractivity contribution is 5.93. The van der Waals surface area contributed by atoms with Gasteiger partial charge in [-0.1, -0.05) is 76.3 Å². The van der Waals surface area contributed by atoms with Crippen molar-refractivity contribution in [2.75, 3.05) is 6.54 Å². The Kier molecular flexibility index (Phi) is 12.6. The molecule has 3 rings (SSSR count). The van der Waals surface area contributed by atoms with Gasteiger partial charge < -0.3 is 25.4 Å². The number of hydrogen-bond donors (Lipinski definition) is 3. The SMILES string of the molecule is CC(C)C[C@H](NC(=O)[C@H](Cc1ccccc1)N1CCCC1=O)C(=O)N[C@@H](CC1CCCCC1)C(O)C(=O)OC(C)C. The van der Waals surface area contributed by atoms with Gasteiger partial charge in [-0.25, -0.2) is 4.79 Å². The van der Waals surface area contributed by atoms with E-state index in [9.17, 15) is 24.3 Å². The first-order chi connectivity index (χ1) is 19.5.